The third-order valence-corrected chi connectivity index (χ3v) is 2.16. The van der Waals surface area contributed by atoms with Crippen molar-refractivity contribution in [3.63, 3.8) is 0 Å². The van der Waals surface area contributed by atoms with E-state index in [0.717, 1.165) is 5.56 Å². The van der Waals surface area contributed by atoms with E-state index in [2.05, 4.69) is 10.1 Å². The second kappa shape index (κ2) is 2.87. The van der Waals surface area contributed by atoms with Gasteiger partial charge in [-0.25, -0.2) is 4.52 Å². The Kier molecular flexibility index (Phi) is 1.80. The van der Waals surface area contributed by atoms with Crippen LogP contribution in [0.5, 0.6) is 0 Å². The summed E-state index contributed by atoms with van der Waals surface area (Å²) >= 11 is 0. The summed E-state index contributed by atoms with van der Waals surface area (Å²) in [6.07, 6.45) is 1.61. The maximum Gasteiger partial charge on any atom is 0.251 e. The van der Waals surface area contributed by atoms with E-state index in [0.29, 0.717) is 11.5 Å². The SMILES string of the molecule is CC(C)c1c(N)nn2ccc(=O)[nH]c12. The van der Waals surface area contributed by atoms with Gasteiger partial charge in [0.2, 0.25) is 0 Å². The van der Waals surface area contributed by atoms with Gasteiger partial charge in [-0.1, -0.05) is 13.8 Å². The van der Waals surface area contributed by atoms with Crippen molar-refractivity contribution in [3.05, 3.63) is 28.2 Å². The van der Waals surface area contributed by atoms with Crippen LogP contribution in [-0.4, -0.2) is 14.6 Å². The van der Waals surface area contributed by atoms with Crippen molar-refractivity contribution in [2.75, 3.05) is 5.73 Å². The molecule has 0 spiro atoms. The number of nitrogen functional groups attached to an aromatic ring is 1. The minimum atomic E-state index is -0.140. The quantitative estimate of drug-likeness (QED) is 0.699. The first-order valence-electron chi connectivity index (χ1n) is 4.46. The zero-order chi connectivity index (χ0) is 10.3. The van der Waals surface area contributed by atoms with Crippen LogP contribution in [0.1, 0.15) is 25.3 Å². The van der Waals surface area contributed by atoms with Crippen molar-refractivity contribution in [1.82, 2.24) is 14.6 Å². The molecule has 0 saturated heterocycles. The van der Waals surface area contributed by atoms with E-state index in [-0.39, 0.29) is 11.5 Å². The second-order valence-corrected chi connectivity index (χ2v) is 3.55. The fraction of sp³-hybridized carbons (Fsp3) is 0.333. The van der Waals surface area contributed by atoms with E-state index in [1.807, 2.05) is 13.8 Å². The molecule has 0 aliphatic rings. The van der Waals surface area contributed by atoms with Gasteiger partial charge in [-0.3, -0.25) is 4.79 Å². The van der Waals surface area contributed by atoms with Crippen LogP contribution in [0.3, 0.4) is 0 Å². The van der Waals surface area contributed by atoms with Crippen LogP contribution in [0.15, 0.2) is 17.1 Å². The predicted molar refractivity (Wildman–Crippen MR) is 54.3 cm³/mol. The molecule has 0 aliphatic heterocycles. The zero-order valence-electron chi connectivity index (χ0n) is 8.11. The molecule has 74 valence electrons. The van der Waals surface area contributed by atoms with Gasteiger partial charge in [0.25, 0.3) is 5.56 Å². The Morgan fingerprint density at radius 3 is 2.93 bits per heavy atom. The van der Waals surface area contributed by atoms with E-state index in [4.69, 9.17) is 5.73 Å². The molecule has 0 unspecified atom stereocenters. The first-order chi connectivity index (χ1) is 6.59. The van der Waals surface area contributed by atoms with E-state index in [1.165, 1.54) is 6.07 Å². The molecule has 2 aromatic rings. The Morgan fingerprint density at radius 2 is 2.29 bits per heavy atom. The summed E-state index contributed by atoms with van der Waals surface area (Å²) in [5, 5.41) is 4.10. The fourth-order valence-corrected chi connectivity index (χ4v) is 1.56. The molecule has 0 radical (unpaired) electrons. The Balaban J connectivity index is 2.86. The van der Waals surface area contributed by atoms with Crippen LogP contribution in [0, 0.1) is 0 Å². The molecule has 0 aliphatic carbocycles. The second-order valence-electron chi connectivity index (χ2n) is 3.55. The number of nitrogens with one attached hydrogen (secondary N) is 1. The van der Waals surface area contributed by atoms with E-state index in [1.54, 1.807) is 10.7 Å². The Hall–Kier alpha value is -1.78. The van der Waals surface area contributed by atoms with Gasteiger partial charge in [0.15, 0.2) is 5.82 Å². The predicted octanol–water partition coefficient (Wildman–Crippen LogP) is 0.728. The van der Waals surface area contributed by atoms with Crippen molar-refractivity contribution in [1.29, 1.82) is 0 Å². The van der Waals surface area contributed by atoms with Gasteiger partial charge in [0.1, 0.15) is 5.65 Å². The van der Waals surface area contributed by atoms with Crippen molar-refractivity contribution >= 4 is 11.5 Å². The number of hydrogen-bond acceptors (Lipinski definition) is 3. The Morgan fingerprint density at radius 1 is 1.57 bits per heavy atom. The van der Waals surface area contributed by atoms with Crippen molar-refractivity contribution in [3.8, 4) is 0 Å². The molecular formula is C9H12N4O. The average molecular weight is 192 g/mol. The number of rotatable bonds is 1. The van der Waals surface area contributed by atoms with Crippen LogP contribution < -0.4 is 11.3 Å². The summed E-state index contributed by atoms with van der Waals surface area (Å²) in [4.78, 5) is 13.9. The Bertz CT molecular complexity index is 523. The minimum absolute atomic E-state index is 0.140. The number of hydrogen-bond donors (Lipinski definition) is 2. The third-order valence-electron chi connectivity index (χ3n) is 2.16. The maximum atomic E-state index is 11.1. The zero-order valence-corrected chi connectivity index (χ0v) is 8.11. The highest BCUT2D eigenvalue weighted by molar-refractivity contribution is 5.60. The molecule has 2 heterocycles. The summed E-state index contributed by atoms with van der Waals surface area (Å²) in [7, 11) is 0. The minimum Gasteiger partial charge on any atom is -0.382 e. The topological polar surface area (TPSA) is 76.2 Å². The van der Waals surface area contributed by atoms with E-state index >= 15 is 0 Å². The summed E-state index contributed by atoms with van der Waals surface area (Å²) in [5.74, 6) is 0.715. The molecule has 2 rings (SSSR count). The summed E-state index contributed by atoms with van der Waals surface area (Å²) in [5.41, 5.74) is 7.19. The van der Waals surface area contributed by atoms with E-state index < -0.39 is 0 Å². The number of aromatic nitrogens is 3. The Labute approximate surface area is 80.6 Å². The molecule has 5 heteroatoms. The van der Waals surface area contributed by atoms with Gasteiger partial charge in [0.05, 0.1) is 0 Å². The number of anilines is 1. The molecule has 2 aromatic heterocycles. The molecule has 0 atom stereocenters. The van der Waals surface area contributed by atoms with Gasteiger partial charge in [-0.05, 0) is 5.92 Å². The fourth-order valence-electron chi connectivity index (χ4n) is 1.56. The molecule has 0 aromatic carbocycles. The van der Waals surface area contributed by atoms with Gasteiger partial charge < -0.3 is 10.7 Å². The van der Waals surface area contributed by atoms with Gasteiger partial charge in [-0.2, -0.15) is 0 Å². The molecule has 3 N–H and O–H groups in total. The average Bonchev–Trinajstić information content (AvgIpc) is 2.40. The maximum absolute atomic E-state index is 11.1. The molecule has 0 bridgehead atoms. The highest BCUT2D eigenvalue weighted by Crippen LogP contribution is 2.23. The molecule has 5 nitrogen and oxygen atoms in total. The van der Waals surface area contributed by atoms with Crippen LogP contribution in [0.2, 0.25) is 0 Å². The number of nitrogens with two attached hydrogens (primary N) is 1. The van der Waals surface area contributed by atoms with Crippen molar-refractivity contribution in [2.45, 2.75) is 19.8 Å². The summed E-state index contributed by atoms with van der Waals surface area (Å²) in [6, 6.07) is 1.42. The standard InChI is InChI=1S/C9H12N4O/c1-5(2)7-8(10)12-13-4-3-6(14)11-9(7)13/h3-5H,1-2H3,(H2,10,12)(H,11,14). The number of nitrogens with zero attached hydrogens (tertiary/aromatic N) is 2. The monoisotopic (exact) mass is 192 g/mol. The lowest BCUT2D eigenvalue weighted by atomic mass is 10.1. The highest BCUT2D eigenvalue weighted by atomic mass is 16.1. The number of fused-ring (bicyclic) bond motifs is 1. The lowest BCUT2D eigenvalue weighted by Gasteiger charge is -2.02. The first-order valence-corrected chi connectivity index (χ1v) is 4.46. The normalized spacial score (nSPS) is 11.4. The summed E-state index contributed by atoms with van der Waals surface area (Å²) < 4.78 is 1.59. The van der Waals surface area contributed by atoms with Crippen molar-refractivity contribution in [2.24, 2.45) is 0 Å². The van der Waals surface area contributed by atoms with Gasteiger partial charge in [-0.15, -0.1) is 5.10 Å². The molecule has 0 amide bonds. The first kappa shape index (κ1) is 8.80. The summed E-state index contributed by atoms with van der Waals surface area (Å²) in [6.45, 7) is 4.03. The lowest BCUT2D eigenvalue weighted by molar-refractivity contribution is 0.872. The van der Waals surface area contributed by atoms with Crippen LogP contribution in [0.4, 0.5) is 5.82 Å². The largest absolute Gasteiger partial charge is 0.382 e. The van der Waals surface area contributed by atoms with E-state index in [9.17, 15) is 4.79 Å². The highest BCUT2D eigenvalue weighted by Gasteiger charge is 2.13. The molecule has 0 saturated carbocycles. The number of H-pyrrole nitrogens is 1. The van der Waals surface area contributed by atoms with Gasteiger partial charge in [0, 0.05) is 17.8 Å². The lowest BCUT2D eigenvalue weighted by Crippen LogP contribution is -2.06. The van der Waals surface area contributed by atoms with Crippen molar-refractivity contribution < 1.29 is 0 Å². The van der Waals surface area contributed by atoms with Crippen LogP contribution >= 0.6 is 0 Å². The molecule has 0 fully saturated rings. The smallest absolute Gasteiger partial charge is 0.251 e. The van der Waals surface area contributed by atoms with Crippen LogP contribution in [0.25, 0.3) is 5.65 Å². The van der Waals surface area contributed by atoms with Gasteiger partial charge >= 0.3 is 0 Å². The third kappa shape index (κ3) is 1.17. The molecular weight excluding hydrogens is 180 g/mol. The van der Waals surface area contributed by atoms with Crippen LogP contribution in [-0.2, 0) is 0 Å². The molecule has 14 heavy (non-hydrogen) atoms. The number of aromatic amines is 1.